The highest BCUT2D eigenvalue weighted by atomic mass is 16.2. The molecule has 1 N–H and O–H groups in total. The molecular formula is C26H27N3O2. The maximum Gasteiger partial charge on any atom is 0.255 e. The van der Waals surface area contributed by atoms with E-state index in [2.05, 4.69) is 22.3 Å². The van der Waals surface area contributed by atoms with Crippen molar-refractivity contribution in [3.8, 4) is 11.1 Å². The van der Waals surface area contributed by atoms with Gasteiger partial charge in [0.25, 0.3) is 5.91 Å². The van der Waals surface area contributed by atoms with Crippen molar-refractivity contribution in [2.75, 3.05) is 36.4 Å². The van der Waals surface area contributed by atoms with Gasteiger partial charge in [-0.3, -0.25) is 9.59 Å². The van der Waals surface area contributed by atoms with Gasteiger partial charge in [0.15, 0.2) is 0 Å². The first-order valence-electron chi connectivity index (χ1n) is 10.7. The largest absolute Gasteiger partial charge is 0.366 e. The molecule has 1 fully saturated rings. The molecule has 158 valence electrons. The van der Waals surface area contributed by atoms with Crippen LogP contribution in [0.15, 0.2) is 78.9 Å². The van der Waals surface area contributed by atoms with Crippen molar-refractivity contribution in [3.05, 3.63) is 84.4 Å². The van der Waals surface area contributed by atoms with Gasteiger partial charge in [-0.1, -0.05) is 61.5 Å². The van der Waals surface area contributed by atoms with E-state index in [1.54, 1.807) is 0 Å². The smallest absolute Gasteiger partial charge is 0.255 e. The van der Waals surface area contributed by atoms with Crippen molar-refractivity contribution < 1.29 is 9.59 Å². The van der Waals surface area contributed by atoms with Crippen LogP contribution >= 0.6 is 0 Å². The molecule has 2 amide bonds. The number of para-hydroxylation sites is 2. The van der Waals surface area contributed by atoms with Crippen molar-refractivity contribution in [2.45, 2.75) is 13.3 Å². The Morgan fingerprint density at radius 1 is 0.774 bits per heavy atom. The van der Waals surface area contributed by atoms with E-state index in [1.165, 1.54) is 0 Å². The molecule has 0 radical (unpaired) electrons. The van der Waals surface area contributed by atoms with Crippen LogP contribution in [0.3, 0.4) is 0 Å². The fourth-order valence-corrected chi connectivity index (χ4v) is 3.91. The molecule has 5 nitrogen and oxygen atoms in total. The molecule has 0 bridgehead atoms. The van der Waals surface area contributed by atoms with E-state index in [-0.39, 0.29) is 11.8 Å². The molecule has 3 aromatic rings. The number of carbonyl (C=O) groups is 2. The molecule has 0 aliphatic carbocycles. The Morgan fingerprint density at radius 2 is 1.39 bits per heavy atom. The zero-order chi connectivity index (χ0) is 21.6. The van der Waals surface area contributed by atoms with Crippen LogP contribution in [-0.2, 0) is 4.79 Å². The van der Waals surface area contributed by atoms with E-state index >= 15 is 0 Å². The number of rotatable bonds is 5. The Morgan fingerprint density at radius 3 is 2.06 bits per heavy atom. The second-order valence-electron chi connectivity index (χ2n) is 7.64. The Balaban J connectivity index is 1.45. The molecule has 0 spiro atoms. The number of hydrogen-bond donors (Lipinski definition) is 1. The minimum absolute atomic E-state index is 0.133. The highest BCUT2D eigenvalue weighted by Gasteiger charge is 2.22. The summed E-state index contributed by atoms with van der Waals surface area (Å²) in [5.41, 5.74) is 4.60. The van der Waals surface area contributed by atoms with Crippen LogP contribution in [0, 0.1) is 0 Å². The monoisotopic (exact) mass is 413 g/mol. The molecule has 0 saturated carbocycles. The number of nitrogens with zero attached hydrogens (tertiary/aromatic N) is 2. The summed E-state index contributed by atoms with van der Waals surface area (Å²) >= 11 is 0. The lowest BCUT2D eigenvalue weighted by molar-refractivity contribution is -0.131. The molecular weight excluding hydrogens is 386 g/mol. The fourth-order valence-electron chi connectivity index (χ4n) is 3.91. The molecule has 0 unspecified atom stereocenters. The van der Waals surface area contributed by atoms with Crippen LogP contribution in [0.2, 0.25) is 0 Å². The number of anilines is 2. The van der Waals surface area contributed by atoms with Crippen molar-refractivity contribution in [2.24, 2.45) is 0 Å². The molecule has 1 heterocycles. The second kappa shape index (κ2) is 9.47. The summed E-state index contributed by atoms with van der Waals surface area (Å²) in [5.74, 6) is 0.0621. The Hall–Kier alpha value is -3.60. The van der Waals surface area contributed by atoms with Crippen LogP contribution < -0.4 is 10.2 Å². The minimum atomic E-state index is -0.133. The molecule has 0 aromatic heterocycles. The highest BCUT2D eigenvalue weighted by Crippen LogP contribution is 2.27. The summed E-state index contributed by atoms with van der Waals surface area (Å²) < 4.78 is 0. The lowest BCUT2D eigenvalue weighted by atomic mass is 10.0. The van der Waals surface area contributed by atoms with Crippen molar-refractivity contribution in [1.29, 1.82) is 0 Å². The third-order valence-electron chi connectivity index (χ3n) is 5.68. The van der Waals surface area contributed by atoms with Gasteiger partial charge >= 0.3 is 0 Å². The number of benzene rings is 3. The first-order valence-corrected chi connectivity index (χ1v) is 10.7. The van der Waals surface area contributed by atoms with Gasteiger partial charge in [0.2, 0.25) is 5.91 Å². The van der Waals surface area contributed by atoms with E-state index in [1.807, 2.05) is 78.6 Å². The van der Waals surface area contributed by atoms with Crippen molar-refractivity contribution in [3.63, 3.8) is 0 Å². The van der Waals surface area contributed by atoms with Gasteiger partial charge in [0, 0.05) is 38.2 Å². The summed E-state index contributed by atoms with van der Waals surface area (Å²) in [6.07, 6.45) is 0.537. The van der Waals surface area contributed by atoms with Crippen molar-refractivity contribution >= 4 is 23.2 Å². The third kappa shape index (κ3) is 4.77. The molecule has 3 aromatic carbocycles. The first kappa shape index (κ1) is 20.7. The minimum Gasteiger partial charge on any atom is -0.366 e. The van der Waals surface area contributed by atoms with Gasteiger partial charge < -0.3 is 15.1 Å². The van der Waals surface area contributed by atoms with Crippen LogP contribution in [-0.4, -0.2) is 42.9 Å². The summed E-state index contributed by atoms with van der Waals surface area (Å²) in [5, 5.41) is 3.07. The van der Waals surface area contributed by atoms with Crippen LogP contribution in [0.1, 0.15) is 23.7 Å². The number of piperazine rings is 1. The van der Waals surface area contributed by atoms with Gasteiger partial charge in [0.1, 0.15) is 0 Å². The van der Waals surface area contributed by atoms with Crippen LogP contribution in [0.4, 0.5) is 11.4 Å². The topological polar surface area (TPSA) is 52.7 Å². The molecule has 0 atom stereocenters. The standard InChI is InChI=1S/C26H27N3O2/c1-2-25(30)29-18-16-28(17-19-29)24-11-7-6-10-23(24)27-26(31)22-14-12-21(13-15-22)20-8-4-3-5-9-20/h3-15H,2,16-19H2,1H3,(H,27,31). The van der Waals surface area contributed by atoms with E-state index in [4.69, 9.17) is 0 Å². The predicted molar refractivity (Wildman–Crippen MR) is 125 cm³/mol. The number of hydrogen-bond acceptors (Lipinski definition) is 3. The van der Waals surface area contributed by atoms with Gasteiger partial charge in [-0.15, -0.1) is 0 Å². The Bertz CT molecular complexity index is 1040. The highest BCUT2D eigenvalue weighted by molar-refractivity contribution is 6.06. The molecule has 1 saturated heterocycles. The molecule has 31 heavy (non-hydrogen) atoms. The number of nitrogens with one attached hydrogen (secondary N) is 1. The van der Waals surface area contributed by atoms with Crippen LogP contribution in [0.25, 0.3) is 11.1 Å². The maximum atomic E-state index is 12.9. The SMILES string of the molecule is CCC(=O)N1CCN(c2ccccc2NC(=O)c2ccc(-c3ccccc3)cc2)CC1. The maximum absolute atomic E-state index is 12.9. The molecule has 1 aliphatic rings. The average Bonchev–Trinajstić information content (AvgIpc) is 2.84. The Labute approximate surface area is 183 Å². The fraction of sp³-hybridized carbons (Fsp3) is 0.231. The number of amides is 2. The van der Waals surface area contributed by atoms with Gasteiger partial charge in [-0.2, -0.15) is 0 Å². The molecule has 1 aliphatic heterocycles. The van der Waals surface area contributed by atoms with E-state index < -0.39 is 0 Å². The van der Waals surface area contributed by atoms with Gasteiger partial charge in [-0.05, 0) is 35.4 Å². The third-order valence-corrected chi connectivity index (χ3v) is 5.68. The van der Waals surface area contributed by atoms with Crippen LogP contribution in [0.5, 0.6) is 0 Å². The molecule has 4 rings (SSSR count). The van der Waals surface area contributed by atoms with Crippen molar-refractivity contribution in [1.82, 2.24) is 4.90 Å². The number of carbonyl (C=O) groups excluding carboxylic acids is 2. The van der Waals surface area contributed by atoms with E-state index in [9.17, 15) is 9.59 Å². The lowest BCUT2D eigenvalue weighted by Gasteiger charge is -2.36. The zero-order valence-corrected chi connectivity index (χ0v) is 17.8. The first-order chi connectivity index (χ1) is 15.2. The van der Waals surface area contributed by atoms with E-state index in [0.717, 1.165) is 35.6 Å². The molecule has 5 heteroatoms. The summed E-state index contributed by atoms with van der Waals surface area (Å²) in [6, 6.07) is 25.6. The average molecular weight is 414 g/mol. The summed E-state index contributed by atoms with van der Waals surface area (Å²) in [6.45, 7) is 4.81. The lowest BCUT2D eigenvalue weighted by Crippen LogP contribution is -2.48. The Kier molecular flexibility index (Phi) is 6.32. The summed E-state index contributed by atoms with van der Waals surface area (Å²) in [7, 11) is 0. The van der Waals surface area contributed by atoms with Gasteiger partial charge in [0.05, 0.1) is 11.4 Å². The summed E-state index contributed by atoms with van der Waals surface area (Å²) in [4.78, 5) is 29.0. The van der Waals surface area contributed by atoms with Gasteiger partial charge in [-0.25, -0.2) is 0 Å². The second-order valence-corrected chi connectivity index (χ2v) is 7.64. The normalized spacial score (nSPS) is 13.7. The quantitative estimate of drug-likeness (QED) is 0.662. The van der Waals surface area contributed by atoms with E-state index in [0.29, 0.717) is 25.1 Å². The predicted octanol–water partition coefficient (Wildman–Crippen LogP) is 4.66. The zero-order valence-electron chi connectivity index (χ0n) is 17.8.